The number of halogens is 1. The molecule has 0 saturated carbocycles. The van der Waals surface area contributed by atoms with E-state index in [0.717, 1.165) is 0 Å². The van der Waals surface area contributed by atoms with E-state index in [1.807, 2.05) is 0 Å². The highest BCUT2D eigenvalue weighted by atomic mass is 35.5. The number of nitrogens with zero attached hydrogens (tertiary/aromatic N) is 3. The smallest absolute Gasteiger partial charge is 0.355 e. The quantitative estimate of drug-likeness (QED) is 0.727. The summed E-state index contributed by atoms with van der Waals surface area (Å²) < 4.78 is 9.64. The van der Waals surface area contributed by atoms with Crippen LogP contribution in [-0.4, -0.2) is 55.4 Å². The molecule has 8 nitrogen and oxygen atoms in total. The van der Waals surface area contributed by atoms with E-state index < -0.39 is 24.0 Å². The average Bonchev–Trinajstić information content (AvgIpc) is 2.88. The van der Waals surface area contributed by atoms with Gasteiger partial charge in [-0.1, -0.05) is 23.7 Å². The molecule has 0 unspecified atom stereocenters. The number of carbonyl (C=O) groups is 3. The fourth-order valence-corrected chi connectivity index (χ4v) is 2.89. The highest BCUT2D eigenvalue weighted by Crippen LogP contribution is 2.39. The van der Waals surface area contributed by atoms with Crippen molar-refractivity contribution in [3.8, 4) is 0 Å². The molecule has 0 radical (unpaired) electrons. The van der Waals surface area contributed by atoms with Crippen molar-refractivity contribution in [3.05, 3.63) is 29.3 Å². The van der Waals surface area contributed by atoms with Gasteiger partial charge in [-0.05, 0) is 12.1 Å². The summed E-state index contributed by atoms with van der Waals surface area (Å²) in [6.07, 6.45) is -0.418. The fraction of sp³-hybridized carbons (Fsp3) is 0.375. The molecule has 1 aromatic carbocycles. The molecule has 0 amide bonds. The Morgan fingerprint density at radius 1 is 1.20 bits per heavy atom. The molecule has 1 heterocycles. The molecular weight excluding hydrogens is 350 g/mol. The SMILES string of the molecule is COC(=O)C[C@]1(C(=O)OC)N(C)C(C(C)=O)=NN1c1ccccc1Cl. The first-order chi connectivity index (χ1) is 11.8. The van der Waals surface area contributed by atoms with Gasteiger partial charge in [0, 0.05) is 14.0 Å². The lowest BCUT2D eigenvalue weighted by molar-refractivity contribution is -0.158. The molecule has 1 aromatic rings. The average molecular weight is 368 g/mol. The monoisotopic (exact) mass is 367 g/mol. The number of benzene rings is 1. The maximum Gasteiger partial charge on any atom is 0.355 e. The Morgan fingerprint density at radius 2 is 1.84 bits per heavy atom. The van der Waals surface area contributed by atoms with Gasteiger partial charge in [0.25, 0.3) is 0 Å². The van der Waals surface area contributed by atoms with Gasteiger partial charge in [0.2, 0.25) is 5.66 Å². The number of amidine groups is 1. The summed E-state index contributed by atoms with van der Waals surface area (Å²) in [5, 5.41) is 5.77. The first-order valence-electron chi connectivity index (χ1n) is 7.33. The summed E-state index contributed by atoms with van der Waals surface area (Å²) in [5.41, 5.74) is -1.38. The minimum atomic E-state index is -1.73. The Labute approximate surface area is 149 Å². The van der Waals surface area contributed by atoms with Crippen LogP contribution in [0.4, 0.5) is 5.69 Å². The molecular formula is C16H18ClN3O5. The van der Waals surface area contributed by atoms with Gasteiger partial charge >= 0.3 is 11.9 Å². The van der Waals surface area contributed by atoms with Gasteiger partial charge in [-0.3, -0.25) is 9.59 Å². The summed E-state index contributed by atoms with van der Waals surface area (Å²) >= 11 is 6.24. The number of esters is 2. The summed E-state index contributed by atoms with van der Waals surface area (Å²) in [7, 11) is 3.87. The normalized spacial score (nSPS) is 19.5. The third kappa shape index (κ3) is 3.05. The number of anilines is 1. The van der Waals surface area contributed by atoms with E-state index in [9.17, 15) is 14.4 Å². The van der Waals surface area contributed by atoms with E-state index in [0.29, 0.717) is 10.7 Å². The van der Waals surface area contributed by atoms with Crippen LogP contribution in [0.2, 0.25) is 5.02 Å². The minimum Gasteiger partial charge on any atom is -0.469 e. The Morgan fingerprint density at radius 3 is 2.36 bits per heavy atom. The number of Topliss-reactive ketones (excluding diaryl/α,β-unsaturated/α-hetero) is 1. The molecule has 0 aromatic heterocycles. The van der Waals surface area contributed by atoms with Crippen LogP contribution in [-0.2, 0) is 23.9 Å². The molecule has 0 bridgehead atoms. The zero-order valence-electron chi connectivity index (χ0n) is 14.3. The zero-order chi connectivity index (χ0) is 18.8. The van der Waals surface area contributed by atoms with Crippen molar-refractivity contribution < 1.29 is 23.9 Å². The summed E-state index contributed by atoms with van der Waals surface area (Å²) in [6, 6.07) is 6.64. The second-order valence-corrected chi connectivity index (χ2v) is 5.77. The van der Waals surface area contributed by atoms with E-state index in [1.165, 1.54) is 38.1 Å². The zero-order valence-corrected chi connectivity index (χ0v) is 15.0. The third-order valence-corrected chi connectivity index (χ3v) is 4.26. The van der Waals surface area contributed by atoms with Crippen LogP contribution in [0.1, 0.15) is 13.3 Å². The molecule has 0 fully saturated rings. The van der Waals surface area contributed by atoms with Crippen molar-refractivity contribution >= 4 is 40.8 Å². The molecule has 0 saturated heterocycles. The second kappa shape index (κ2) is 7.10. The summed E-state index contributed by atoms with van der Waals surface area (Å²) in [5.74, 6) is -1.83. The van der Waals surface area contributed by atoms with E-state index in [1.54, 1.807) is 24.3 Å². The Kier molecular flexibility index (Phi) is 5.32. The number of ether oxygens (including phenoxy) is 2. The number of carbonyl (C=O) groups excluding carboxylic acids is 3. The van der Waals surface area contributed by atoms with Crippen molar-refractivity contribution in [2.45, 2.75) is 19.0 Å². The lowest BCUT2D eigenvalue weighted by atomic mass is 10.0. The Hall–Kier alpha value is -2.61. The first kappa shape index (κ1) is 18.7. The number of hydrazone groups is 1. The maximum absolute atomic E-state index is 12.7. The van der Waals surface area contributed by atoms with Crippen LogP contribution in [0.3, 0.4) is 0 Å². The summed E-state index contributed by atoms with van der Waals surface area (Å²) in [4.78, 5) is 38.0. The van der Waals surface area contributed by atoms with E-state index in [2.05, 4.69) is 5.10 Å². The lowest BCUT2D eigenvalue weighted by Crippen LogP contribution is -2.62. The van der Waals surface area contributed by atoms with Crippen LogP contribution < -0.4 is 5.01 Å². The Bertz CT molecular complexity index is 751. The number of hydrogen-bond acceptors (Lipinski definition) is 8. The van der Waals surface area contributed by atoms with Gasteiger partial charge in [-0.2, -0.15) is 0 Å². The largest absolute Gasteiger partial charge is 0.469 e. The third-order valence-electron chi connectivity index (χ3n) is 3.94. The molecule has 9 heteroatoms. The Balaban J connectivity index is 2.71. The van der Waals surface area contributed by atoms with Gasteiger partial charge < -0.3 is 14.4 Å². The highest BCUT2D eigenvalue weighted by molar-refractivity contribution is 6.39. The molecule has 1 atom stereocenters. The second-order valence-electron chi connectivity index (χ2n) is 5.36. The molecule has 2 rings (SSSR count). The van der Waals surface area contributed by atoms with E-state index >= 15 is 0 Å². The van der Waals surface area contributed by atoms with Gasteiger partial charge in [0.15, 0.2) is 11.6 Å². The van der Waals surface area contributed by atoms with Crippen molar-refractivity contribution in [1.29, 1.82) is 0 Å². The van der Waals surface area contributed by atoms with Gasteiger partial charge in [0.05, 0.1) is 24.9 Å². The van der Waals surface area contributed by atoms with Crippen molar-refractivity contribution in [2.75, 3.05) is 26.3 Å². The summed E-state index contributed by atoms with van der Waals surface area (Å²) in [6.45, 7) is 1.31. The molecule has 1 aliphatic heterocycles. The van der Waals surface area contributed by atoms with Gasteiger partial charge in [0.1, 0.15) is 6.42 Å². The van der Waals surface area contributed by atoms with E-state index in [4.69, 9.17) is 21.1 Å². The number of hydrogen-bond donors (Lipinski definition) is 0. The van der Waals surface area contributed by atoms with Crippen LogP contribution in [0.5, 0.6) is 0 Å². The van der Waals surface area contributed by atoms with Crippen molar-refractivity contribution in [3.63, 3.8) is 0 Å². The predicted molar refractivity (Wildman–Crippen MR) is 91.2 cm³/mol. The van der Waals surface area contributed by atoms with Crippen LogP contribution in [0, 0.1) is 0 Å². The topological polar surface area (TPSA) is 88.5 Å². The maximum atomic E-state index is 12.7. The first-order valence-corrected chi connectivity index (χ1v) is 7.70. The fourth-order valence-electron chi connectivity index (χ4n) is 2.67. The molecule has 25 heavy (non-hydrogen) atoms. The van der Waals surface area contributed by atoms with Gasteiger partial charge in [-0.25, -0.2) is 9.80 Å². The van der Waals surface area contributed by atoms with Gasteiger partial charge in [-0.15, -0.1) is 5.10 Å². The molecule has 0 aliphatic carbocycles. The number of likely N-dealkylation sites (N-methyl/N-ethyl adjacent to an activating group) is 1. The van der Waals surface area contributed by atoms with Crippen LogP contribution >= 0.6 is 11.6 Å². The molecule has 1 aliphatic rings. The number of para-hydroxylation sites is 1. The molecule has 0 N–H and O–H groups in total. The van der Waals surface area contributed by atoms with E-state index in [-0.39, 0.29) is 11.6 Å². The van der Waals surface area contributed by atoms with Crippen LogP contribution in [0.15, 0.2) is 29.4 Å². The standard InChI is InChI=1S/C16H18ClN3O5/c1-10(21)14-18-20(12-8-6-5-7-11(12)17)16(19(14)2,15(23)25-4)9-13(22)24-3/h5-8H,9H2,1-4H3/t16-/m0/s1. The molecule has 0 spiro atoms. The minimum absolute atomic E-state index is 0.00535. The number of methoxy groups -OCH3 is 2. The molecule has 134 valence electrons. The highest BCUT2D eigenvalue weighted by Gasteiger charge is 2.57. The lowest BCUT2D eigenvalue weighted by Gasteiger charge is -2.39. The predicted octanol–water partition coefficient (Wildman–Crippen LogP) is 1.43. The van der Waals surface area contributed by atoms with Crippen LogP contribution in [0.25, 0.3) is 0 Å². The van der Waals surface area contributed by atoms with Crippen molar-refractivity contribution in [1.82, 2.24) is 4.90 Å². The number of rotatable bonds is 5. The number of ketones is 1. The van der Waals surface area contributed by atoms with Crippen molar-refractivity contribution in [2.24, 2.45) is 5.10 Å².